The van der Waals surface area contributed by atoms with E-state index in [9.17, 15) is 4.79 Å². The maximum Gasteiger partial charge on any atom is 0.258 e. The Morgan fingerprint density at radius 3 is 2.65 bits per heavy atom. The van der Waals surface area contributed by atoms with Crippen LogP contribution in [-0.4, -0.2) is 29.0 Å². The van der Waals surface area contributed by atoms with Gasteiger partial charge < -0.3 is 15.3 Å². The summed E-state index contributed by atoms with van der Waals surface area (Å²) in [6, 6.07) is 7.13. The molecular weight excluding hydrogens is 256 g/mol. The van der Waals surface area contributed by atoms with Gasteiger partial charge >= 0.3 is 0 Å². The number of benzene rings is 1. The molecule has 1 amide bonds. The molecule has 1 rings (SSSR count). The van der Waals surface area contributed by atoms with Crippen LogP contribution in [0.2, 0.25) is 0 Å². The van der Waals surface area contributed by atoms with Gasteiger partial charge in [-0.15, -0.1) is 0 Å². The highest BCUT2D eigenvalue weighted by Crippen LogP contribution is 2.18. The summed E-state index contributed by atoms with van der Waals surface area (Å²) in [5.74, 6) is 0.345. The van der Waals surface area contributed by atoms with Gasteiger partial charge in [0.25, 0.3) is 5.91 Å². The molecule has 0 aliphatic rings. The summed E-state index contributed by atoms with van der Waals surface area (Å²) in [5.41, 5.74) is 0.857. The molecule has 0 aliphatic heterocycles. The van der Waals surface area contributed by atoms with Gasteiger partial charge in [0.2, 0.25) is 0 Å². The first-order valence-corrected chi connectivity index (χ1v) is 6.61. The van der Waals surface area contributed by atoms with Gasteiger partial charge in [0.05, 0.1) is 5.71 Å². The SMILES string of the molecule is CCC(C)(C)NC(=O)COc1ccccc1C(C)=NO. The zero-order chi connectivity index (χ0) is 15.2. The van der Waals surface area contributed by atoms with Crippen molar-refractivity contribution in [3.05, 3.63) is 29.8 Å². The van der Waals surface area contributed by atoms with Crippen molar-refractivity contribution >= 4 is 11.6 Å². The summed E-state index contributed by atoms with van der Waals surface area (Å²) in [6.45, 7) is 7.53. The zero-order valence-corrected chi connectivity index (χ0v) is 12.4. The Kier molecular flexibility index (Phi) is 5.55. The molecule has 0 heterocycles. The quantitative estimate of drug-likeness (QED) is 0.477. The van der Waals surface area contributed by atoms with Crippen molar-refractivity contribution in [2.45, 2.75) is 39.7 Å². The van der Waals surface area contributed by atoms with Crippen molar-refractivity contribution in [1.29, 1.82) is 0 Å². The summed E-state index contributed by atoms with van der Waals surface area (Å²) >= 11 is 0. The fourth-order valence-electron chi connectivity index (χ4n) is 1.59. The lowest BCUT2D eigenvalue weighted by atomic mass is 10.0. The van der Waals surface area contributed by atoms with Gasteiger partial charge in [-0.1, -0.05) is 24.2 Å². The predicted molar refractivity (Wildman–Crippen MR) is 78.4 cm³/mol. The summed E-state index contributed by atoms with van der Waals surface area (Å²) < 4.78 is 5.51. The molecule has 0 saturated heterocycles. The second-order valence-corrected chi connectivity index (χ2v) is 5.26. The second kappa shape index (κ2) is 6.93. The number of hydrogen-bond acceptors (Lipinski definition) is 4. The van der Waals surface area contributed by atoms with Crippen LogP contribution in [0.1, 0.15) is 39.7 Å². The molecule has 0 spiro atoms. The second-order valence-electron chi connectivity index (χ2n) is 5.26. The van der Waals surface area contributed by atoms with Gasteiger partial charge in [-0.3, -0.25) is 4.79 Å². The van der Waals surface area contributed by atoms with Crippen LogP contribution in [0.5, 0.6) is 5.75 Å². The Labute approximate surface area is 119 Å². The maximum absolute atomic E-state index is 11.8. The zero-order valence-electron chi connectivity index (χ0n) is 12.4. The van der Waals surface area contributed by atoms with Crippen LogP contribution < -0.4 is 10.1 Å². The minimum absolute atomic E-state index is 0.0703. The summed E-state index contributed by atoms with van der Waals surface area (Å²) in [5, 5.41) is 14.9. The molecule has 0 aliphatic carbocycles. The monoisotopic (exact) mass is 278 g/mol. The Hall–Kier alpha value is -2.04. The number of amides is 1. The van der Waals surface area contributed by atoms with E-state index in [0.717, 1.165) is 6.42 Å². The molecule has 1 aromatic rings. The van der Waals surface area contributed by atoms with Crippen molar-refractivity contribution in [2.75, 3.05) is 6.61 Å². The van der Waals surface area contributed by atoms with E-state index in [1.54, 1.807) is 25.1 Å². The highest BCUT2D eigenvalue weighted by Gasteiger charge is 2.18. The molecule has 0 radical (unpaired) electrons. The number of carbonyl (C=O) groups excluding carboxylic acids is 1. The van der Waals surface area contributed by atoms with Crippen LogP contribution in [-0.2, 0) is 4.79 Å². The highest BCUT2D eigenvalue weighted by atomic mass is 16.5. The first kappa shape index (κ1) is 16.0. The highest BCUT2D eigenvalue weighted by molar-refractivity contribution is 6.00. The molecule has 0 bridgehead atoms. The molecule has 5 heteroatoms. The lowest BCUT2D eigenvalue weighted by Gasteiger charge is -2.24. The normalized spacial score (nSPS) is 12.1. The maximum atomic E-state index is 11.8. The number of nitrogens with one attached hydrogen (secondary N) is 1. The fourth-order valence-corrected chi connectivity index (χ4v) is 1.59. The van der Waals surface area contributed by atoms with Crippen LogP contribution in [0.25, 0.3) is 0 Å². The summed E-state index contributed by atoms with van der Waals surface area (Å²) in [4.78, 5) is 11.8. The number of para-hydroxylation sites is 1. The van der Waals surface area contributed by atoms with Gasteiger partial charge in [0, 0.05) is 11.1 Å². The molecule has 110 valence electrons. The van der Waals surface area contributed by atoms with Gasteiger partial charge in [0.1, 0.15) is 5.75 Å². The Bertz CT molecular complexity index is 496. The van der Waals surface area contributed by atoms with Crippen LogP contribution in [0.15, 0.2) is 29.4 Å². The number of ether oxygens (including phenoxy) is 1. The van der Waals surface area contributed by atoms with Crippen LogP contribution in [0.4, 0.5) is 0 Å². The topological polar surface area (TPSA) is 70.9 Å². The molecule has 0 atom stereocenters. The van der Waals surface area contributed by atoms with Crippen LogP contribution in [0, 0.1) is 0 Å². The number of hydrogen-bond donors (Lipinski definition) is 2. The number of rotatable bonds is 6. The molecular formula is C15H22N2O3. The van der Waals surface area contributed by atoms with Crippen molar-refractivity contribution in [1.82, 2.24) is 5.32 Å². The van der Waals surface area contributed by atoms with E-state index in [0.29, 0.717) is 17.0 Å². The Morgan fingerprint density at radius 2 is 2.05 bits per heavy atom. The molecule has 0 fully saturated rings. The minimum atomic E-state index is -0.248. The third kappa shape index (κ3) is 4.57. The van der Waals surface area contributed by atoms with Gasteiger partial charge in [0.15, 0.2) is 6.61 Å². The first-order chi connectivity index (χ1) is 9.39. The predicted octanol–water partition coefficient (Wildman–Crippen LogP) is 2.57. The Balaban J connectivity index is 2.69. The molecule has 0 unspecified atom stereocenters. The van der Waals surface area contributed by atoms with E-state index < -0.39 is 0 Å². The summed E-state index contributed by atoms with van der Waals surface area (Å²) in [7, 11) is 0. The Morgan fingerprint density at radius 1 is 1.40 bits per heavy atom. The fraction of sp³-hybridized carbons (Fsp3) is 0.467. The van der Waals surface area contributed by atoms with Crippen molar-refractivity contribution in [3.8, 4) is 5.75 Å². The smallest absolute Gasteiger partial charge is 0.258 e. The van der Waals surface area contributed by atoms with Crippen LogP contribution in [0.3, 0.4) is 0 Å². The molecule has 5 nitrogen and oxygen atoms in total. The molecule has 0 saturated carbocycles. The van der Waals surface area contributed by atoms with E-state index in [1.807, 2.05) is 26.8 Å². The first-order valence-electron chi connectivity index (χ1n) is 6.61. The lowest BCUT2D eigenvalue weighted by molar-refractivity contribution is -0.124. The third-order valence-electron chi connectivity index (χ3n) is 3.15. The molecule has 0 aromatic heterocycles. The summed E-state index contributed by atoms with van der Waals surface area (Å²) in [6.07, 6.45) is 0.839. The van der Waals surface area contributed by atoms with Gasteiger partial charge in [-0.05, 0) is 39.3 Å². The van der Waals surface area contributed by atoms with E-state index >= 15 is 0 Å². The molecule has 1 aromatic carbocycles. The minimum Gasteiger partial charge on any atom is -0.483 e. The average Bonchev–Trinajstić information content (AvgIpc) is 2.44. The van der Waals surface area contributed by atoms with Crippen molar-refractivity contribution in [3.63, 3.8) is 0 Å². The standard InChI is InChI=1S/C15H22N2O3/c1-5-15(3,4)16-14(18)10-20-13-9-7-6-8-12(13)11(2)17-19/h6-9,19H,5,10H2,1-4H3,(H,16,18). The van der Waals surface area contributed by atoms with Gasteiger partial charge in [-0.25, -0.2) is 0 Å². The third-order valence-corrected chi connectivity index (χ3v) is 3.15. The number of oxime groups is 1. The molecule has 2 N–H and O–H groups in total. The van der Waals surface area contributed by atoms with Crippen molar-refractivity contribution in [2.24, 2.45) is 5.16 Å². The largest absolute Gasteiger partial charge is 0.483 e. The lowest BCUT2D eigenvalue weighted by Crippen LogP contribution is -2.44. The molecule has 20 heavy (non-hydrogen) atoms. The van der Waals surface area contributed by atoms with Crippen LogP contribution >= 0.6 is 0 Å². The van der Waals surface area contributed by atoms with E-state index in [-0.39, 0.29) is 18.1 Å². The van der Waals surface area contributed by atoms with E-state index in [2.05, 4.69) is 10.5 Å². The number of nitrogens with zero attached hydrogens (tertiary/aromatic N) is 1. The number of carbonyl (C=O) groups is 1. The van der Waals surface area contributed by atoms with E-state index in [4.69, 9.17) is 9.94 Å². The van der Waals surface area contributed by atoms with E-state index in [1.165, 1.54) is 0 Å². The average molecular weight is 278 g/mol. The van der Waals surface area contributed by atoms with Gasteiger partial charge in [-0.2, -0.15) is 0 Å². The van der Waals surface area contributed by atoms with Crippen molar-refractivity contribution < 1.29 is 14.7 Å².